The lowest BCUT2D eigenvalue weighted by molar-refractivity contribution is 0.324. The van der Waals surface area contributed by atoms with Crippen LogP contribution in [0.5, 0.6) is 0 Å². The smallest absolute Gasteiger partial charge is 0.0822 e. The molecular formula is C12H12BrN. The molecule has 0 unspecified atom stereocenters. The summed E-state index contributed by atoms with van der Waals surface area (Å²) in [6.07, 6.45) is 3.21. The summed E-state index contributed by atoms with van der Waals surface area (Å²) in [5.41, 5.74) is 2.21. The van der Waals surface area contributed by atoms with E-state index in [1.54, 1.807) is 0 Å². The third kappa shape index (κ3) is 1.46. The fourth-order valence-electron chi connectivity index (χ4n) is 2.01. The van der Waals surface area contributed by atoms with Crippen molar-refractivity contribution in [1.29, 1.82) is 5.26 Å². The Morgan fingerprint density at radius 2 is 2.07 bits per heavy atom. The van der Waals surface area contributed by atoms with Crippen LogP contribution in [0.25, 0.3) is 0 Å². The van der Waals surface area contributed by atoms with Crippen LogP contribution in [0.4, 0.5) is 0 Å². The zero-order chi connectivity index (χ0) is 10.2. The highest BCUT2D eigenvalue weighted by Crippen LogP contribution is 2.43. The molecule has 2 heteroatoms. The van der Waals surface area contributed by atoms with E-state index in [-0.39, 0.29) is 5.41 Å². The summed E-state index contributed by atoms with van der Waals surface area (Å²) in [4.78, 5) is 0. The van der Waals surface area contributed by atoms with Crippen molar-refractivity contribution in [2.24, 2.45) is 0 Å². The van der Waals surface area contributed by atoms with Crippen molar-refractivity contribution < 1.29 is 0 Å². The van der Waals surface area contributed by atoms with E-state index in [9.17, 15) is 5.26 Å². The molecule has 1 saturated carbocycles. The normalized spacial score (nSPS) is 18.4. The molecule has 1 aliphatic carbocycles. The molecular weight excluding hydrogens is 238 g/mol. The molecule has 1 aromatic carbocycles. The molecule has 0 aliphatic heterocycles. The van der Waals surface area contributed by atoms with Gasteiger partial charge in [0.15, 0.2) is 0 Å². The first-order valence-electron chi connectivity index (χ1n) is 4.85. The van der Waals surface area contributed by atoms with Gasteiger partial charge in [-0.25, -0.2) is 0 Å². The van der Waals surface area contributed by atoms with Gasteiger partial charge in [0.05, 0.1) is 11.5 Å². The molecule has 1 aromatic rings. The maximum absolute atomic E-state index is 9.21. The minimum Gasteiger partial charge on any atom is -0.197 e. The first kappa shape index (κ1) is 9.73. The molecule has 0 heterocycles. The van der Waals surface area contributed by atoms with E-state index < -0.39 is 0 Å². The van der Waals surface area contributed by atoms with Crippen LogP contribution in [0, 0.1) is 18.3 Å². The number of halogens is 1. The minimum absolute atomic E-state index is 0.186. The molecule has 0 radical (unpaired) electrons. The summed E-state index contributed by atoms with van der Waals surface area (Å²) < 4.78 is 1.08. The maximum Gasteiger partial charge on any atom is 0.0822 e. The largest absolute Gasteiger partial charge is 0.197 e. The van der Waals surface area contributed by atoms with Crippen LogP contribution in [0.3, 0.4) is 0 Å². The quantitative estimate of drug-likeness (QED) is 0.745. The first-order chi connectivity index (χ1) is 6.66. The van der Waals surface area contributed by atoms with Gasteiger partial charge in [0.2, 0.25) is 0 Å². The lowest BCUT2D eigenvalue weighted by Gasteiger charge is -2.35. The van der Waals surface area contributed by atoms with Crippen LogP contribution in [-0.2, 0) is 5.41 Å². The molecule has 0 atom stereocenters. The average molecular weight is 250 g/mol. The summed E-state index contributed by atoms with van der Waals surface area (Å²) >= 11 is 3.48. The van der Waals surface area contributed by atoms with Crippen molar-refractivity contribution >= 4 is 15.9 Å². The Morgan fingerprint density at radius 3 is 2.50 bits per heavy atom. The molecule has 0 saturated heterocycles. The monoisotopic (exact) mass is 249 g/mol. The first-order valence-corrected chi connectivity index (χ1v) is 5.64. The summed E-state index contributed by atoms with van der Waals surface area (Å²) in [7, 11) is 0. The summed E-state index contributed by atoms with van der Waals surface area (Å²) in [6.45, 7) is 2.07. The molecule has 1 aliphatic rings. The van der Waals surface area contributed by atoms with Gasteiger partial charge in [-0.3, -0.25) is 0 Å². The molecule has 1 nitrogen and oxygen atoms in total. The number of hydrogen-bond acceptors (Lipinski definition) is 1. The predicted molar refractivity (Wildman–Crippen MR) is 60.0 cm³/mol. The fourth-order valence-corrected chi connectivity index (χ4v) is 2.62. The van der Waals surface area contributed by atoms with Crippen LogP contribution in [0.2, 0.25) is 0 Å². The van der Waals surface area contributed by atoms with Crippen LogP contribution >= 0.6 is 15.9 Å². The van der Waals surface area contributed by atoms with E-state index in [0.29, 0.717) is 0 Å². The van der Waals surface area contributed by atoms with Gasteiger partial charge in [0, 0.05) is 4.47 Å². The SMILES string of the molecule is Cc1cc(Br)cc(C2(C#N)CCC2)c1. The maximum atomic E-state index is 9.21. The van der Waals surface area contributed by atoms with Crippen LogP contribution in [0.15, 0.2) is 22.7 Å². The van der Waals surface area contributed by atoms with Crippen molar-refractivity contribution in [3.63, 3.8) is 0 Å². The number of nitriles is 1. The van der Waals surface area contributed by atoms with Gasteiger partial charge in [0.25, 0.3) is 0 Å². The van der Waals surface area contributed by atoms with Crippen LogP contribution in [-0.4, -0.2) is 0 Å². The average Bonchev–Trinajstić information content (AvgIpc) is 2.01. The summed E-state index contributed by atoms with van der Waals surface area (Å²) in [5.74, 6) is 0. The van der Waals surface area contributed by atoms with E-state index in [2.05, 4.69) is 47.1 Å². The Hall–Kier alpha value is -0.810. The molecule has 1 fully saturated rings. The van der Waals surface area contributed by atoms with Gasteiger partial charge < -0.3 is 0 Å². The van der Waals surface area contributed by atoms with Gasteiger partial charge >= 0.3 is 0 Å². The third-order valence-electron chi connectivity index (χ3n) is 3.02. The second-order valence-corrected chi connectivity index (χ2v) is 4.98. The molecule has 0 spiro atoms. The predicted octanol–water partition coefficient (Wildman–Crippen LogP) is 3.70. The van der Waals surface area contributed by atoms with Crippen LogP contribution < -0.4 is 0 Å². The molecule has 14 heavy (non-hydrogen) atoms. The zero-order valence-corrected chi connectivity index (χ0v) is 9.76. The number of rotatable bonds is 1. The highest BCUT2D eigenvalue weighted by atomic mass is 79.9. The number of nitrogens with zero attached hydrogens (tertiary/aromatic N) is 1. The Balaban J connectivity index is 2.46. The van der Waals surface area contributed by atoms with E-state index in [1.807, 2.05) is 0 Å². The van der Waals surface area contributed by atoms with E-state index in [1.165, 1.54) is 17.5 Å². The molecule has 0 aromatic heterocycles. The summed E-state index contributed by atoms with van der Waals surface area (Å²) in [6, 6.07) is 8.75. The van der Waals surface area contributed by atoms with Gasteiger partial charge in [-0.05, 0) is 49.4 Å². The Labute approximate surface area is 92.9 Å². The highest BCUT2D eigenvalue weighted by molar-refractivity contribution is 9.10. The van der Waals surface area contributed by atoms with Crippen molar-refractivity contribution in [3.05, 3.63) is 33.8 Å². The second kappa shape index (κ2) is 3.40. The van der Waals surface area contributed by atoms with E-state index >= 15 is 0 Å². The number of aryl methyl sites for hydroxylation is 1. The zero-order valence-electron chi connectivity index (χ0n) is 8.18. The lowest BCUT2D eigenvalue weighted by Crippen LogP contribution is -2.32. The van der Waals surface area contributed by atoms with Crippen molar-refractivity contribution in [2.45, 2.75) is 31.6 Å². The molecule has 0 amide bonds. The third-order valence-corrected chi connectivity index (χ3v) is 3.47. The Bertz CT molecular complexity index is 379. The highest BCUT2D eigenvalue weighted by Gasteiger charge is 2.39. The second-order valence-electron chi connectivity index (χ2n) is 4.06. The van der Waals surface area contributed by atoms with Gasteiger partial charge in [-0.1, -0.05) is 22.0 Å². The van der Waals surface area contributed by atoms with Gasteiger partial charge in [0.1, 0.15) is 0 Å². The van der Waals surface area contributed by atoms with E-state index in [0.717, 1.165) is 17.3 Å². The van der Waals surface area contributed by atoms with Crippen LogP contribution in [0.1, 0.15) is 30.4 Å². The molecule has 2 rings (SSSR count). The van der Waals surface area contributed by atoms with Crippen molar-refractivity contribution in [2.75, 3.05) is 0 Å². The molecule has 0 bridgehead atoms. The summed E-state index contributed by atoms with van der Waals surface area (Å²) in [5, 5.41) is 9.21. The topological polar surface area (TPSA) is 23.8 Å². The lowest BCUT2D eigenvalue weighted by atomic mass is 9.65. The Kier molecular flexibility index (Phi) is 2.36. The van der Waals surface area contributed by atoms with E-state index in [4.69, 9.17) is 0 Å². The standard InChI is InChI=1S/C12H12BrN/c1-9-5-10(7-11(13)6-9)12(8-14)3-2-4-12/h5-7H,2-4H2,1H3. The fraction of sp³-hybridized carbons (Fsp3) is 0.417. The Morgan fingerprint density at radius 1 is 1.36 bits per heavy atom. The van der Waals surface area contributed by atoms with Gasteiger partial charge in [-0.15, -0.1) is 0 Å². The van der Waals surface area contributed by atoms with Gasteiger partial charge in [-0.2, -0.15) is 5.26 Å². The number of benzene rings is 1. The van der Waals surface area contributed by atoms with Crippen molar-refractivity contribution in [3.8, 4) is 6.07 Å². The molecule has 72 valence electrons. The number of hydrogen-bond donors (Lipinski definition) is 0. The minimum atomic E-state index is -0.186. The van der Waals surface area contributed by atoms with Crippen molar-refractivity contribution in [1.82, 2.24) is 0 Å². The molecule has 0 N–H and O–H groups in total.